The summed E-state index contributed by atoms with van der Waals surface area (Å²) in [5.41, 5.74) is 2.48. The first-order valence-electron chi connectivity index (χ1n) is 8.97. The van der Waals surface area contributed by atoms with E-state index in [0.717, 1.165) is 5.69 Å². The van der Waals surface area contributed by atoms with E-state index in [-0.39, 0.29) is 17.6 Å². The van der Waals surface area contributed by atoms with Crippen LogP contribution in [-0.2, 0) is 18.3 Å². The summed E-state index contributed by atoms with van der Waals surface area (Å²) in [7, 11) is 1.81. The van der Waals surface area contributed by atoms with Crippen molar-refractivity contribution in [2.45, 2.75) is 12.5 Å². The van der Waals surface area contributed by atoms with E-state index in [1.807, 2.05) is 6.07 Å². The molecule has 7 heteroatoms. The van der Waals surface area contributed by atoms with E-state index in [1.54, 1.807) is 47.1 Å². The molecule has 1 atom stereocenters. The molecule has 6 nitrogen and oxygen atoms in total. The van der Waals surface area contributed by atoms with E-state index in [2.05, 4.69) is 10.3 Å². The molecule has 0 saturated carbocycles. The zero-order valence-corrected chi connectivity index (χ0v) is 15.3. The number of nitrogens with zero attached hydrogens (tertiary/aromatic N) is 3. The highest BCUT2D eigenvalue weighted by molar-refractivity contribution is 6.01. The zero-order valence-electron chi connectivity index (χ0n) is 15.3. The Hall–Kier alpha value is -3.48. The number of carbonyl (C=O) groups is 2. The van der Waals surface area contributed by atoms with Crippen LogP contribution in [-0.4, -0.2) is 32.8 Å². The van der Waals surface area contributed by atoms with Gasteiger partial charge in [0.15, 0.2) is 6.04 Å². The fourth-order valence-corrected chi connectivity index (χ4v) is 3.51. The van der Waals surface area contributed by atoms with Gasteiger partial charge in [-0.3, -0.25) is 9.59 Å². The number of anilines is 1. The molecule has 0 fully saturated rings. The van der Waals surface area contributed by atoms with Crippen LogP contribution in [0.15, 0.2) is 60.9 Å². The minimum Gasteiger partial charge on any atom is -0.335 e. The molecule has 2 heterocycles. The zero-order chi connectivity index (χ0) is 19.7. The summed E-state index contributed by atoms with van der Waals surface area (Å²) < 4.78 is 14.9. The molecular formula is C21H19FN4O2. The Balaban J connectivity index is 1.70. The SMILES string of the molecule is Cn1cnc2c1[C@@H](C(=O)Nc1ccc(F)cc1)N(C(=O)c1ccccc1)CC2. The summed E-state index contributed by atoms with van der Waals surface area (Å²) >= 11 is 0. The average molecular weight is 378 g/mol. The number of carbonyl (C=O) groups excluding carboxylic acids is 2. The number of imidazole rings is 1. The standard InChI is InChI=1S/C21H19FN4O2/c1-25-13-23-17-11-12-26(21(28)14-5-3-2-4-6-14)19(18(17)25)20(27)24-16-9-7-15(22)8-10-16/h2-10,13,19H,11-12H2,1H3,(H,24,27)/t19-/m0/s1. The fourth-order valence-electron chi connectivity index (χ4n) is 3.51. The molecule has 1 aromatic heterocycles. The molecule has 0 radical (unpaired) electrons. The van der Waals surface area contributed by atoms with Crippen LogP contribution in [0.4, 0.5) is 10.1 Å². The summed E-state index contributed by atoms with van der Waals surface area (Å²) in [6.45, 7) is 0.388. The molecule has 0 saturated heterocycles. The molecule has 0 unspecified atom stereocenters. The highest BCUT2D eigenvalue weighted by atomic mass is 19.1. The Labute approximate surface area is 161 Å². The predicted molar refractivity (Wildman–Crippen MR) is 102 cm³/mol. The quantitative estimate of drug-likeness (QED) is 0.762. The van der Waals surface area contributed by atoms with E-state index >= 15 is 0 Å². The minimum absolute atomic E-state index is 0.216. The number of fused-ring (bicyclic) bond motifs is 1. The molecule has 0 aliphatic carbocycles. The number of benzene rings is 2. The van der Waals surface area contributed by atoms with Crippen molar-refractivity contribution < 1.29 is 14.0 Å². The molecule has 0 bridgehead atoms. The largest absolute Gasteiger partial charge is 0.335 e. The van der Waals surface area contributed by atoms with Gasteiger partial charge in [0.1, 0.15) is 5.82 Å². The van der Waals surface area contributed by atoms with Crippen molar-refractivity contribution in [3.05, 3.63) is 83.7 Å². The van der Waals surface area contributed by atoms with Crippen LogP contribution in [0.1, 0.15) is 27.8 Å². The van der Waals surface area contributed by atoms with Gasteiger partial charge >= 0.3 is 0 Å². The first-order valence-corrected chi connectivity index (χ1v) is 8.97. The van der Waals surface area contributed by atoms with Crippen LogP contribution in [0.5, 0.6) is 0 Å². The van der Waals surface area contributed by atoms with Crippen molar-refractivity contribution >= 4 is 17.5 Å². The summed E-state index contributed by atoms with van der Waals surface area (Å²) in [6.07, 6.45) is 2.23. The minimum atomic E-state index is -0.825. The number of amides is 2. The first kappa shape index (κ1) is 17.9. The van der Waals surface area contributed by atoms with Gasteiger partial charge in [-0.25, -0.2) is 9.37 Å². The Morgan fingerprint density at radius 2 is 1.82 bits per heavy atom. The summed E-state index contributed by atoms with van der Waals surface area (Å²) in [6, 6.07) is 13.6. The van der Waals surface area contributed by atoms with Crippen LogP contribution in [0.2, 0.25) is 0 Å². The molecule has 1 N–H and O–H groups in total. The van der Waals surface area contributed by atoms with Crippen LogP contribution >= 0.6 is 0 Å². The molecular weight excluding hydrogens is 359 g/mol. The van der Waals surface area contributed by atoms with Crippen molar-refractivity contribution in [1.29, 1.82) is 0 Å². The molecule has 28 heavy (non-hydrogen) atoms. The lowest BCUT2D eigenvalue weighted by Gasteiger charge is -2.35. The molecule has 2 amide bonds. The third kappa shape index (κ3) is 3.26. The number of hydrogen-bond donors (Lipinski definition) is 1. The maximum absolute atomic E-state index is 13.2. The Bertz CT molecular complexity index is 1010. The number of halogens is 1. The fraction of sp³-hybridized carbons (Fsp3) is 0.190. The molecule has 142 valence electrons. The second kappa shape index (κ2) is 7.26. The van der Waals surface area contributed by atoms with Crippen molar-refractivity contribution in [3.8, 4) is 0 Å². The highest BCUT2D eigenvalue weighted by Crippen LogP contribution is 2.31. The van der Waals surface area contributed by atoms with E-state index in [0.29, 0.717) is 29.9 Å². The van der Waals surface area contributed by atoms with Gasteiger partial charge in [0.05, 0.1) is 17.7 Å². The molecule has 2 aromatic carbocycles. The lowest BCUT2D eigenvalue weighted by Crippen LogP contribution is -2.46. The van der Waals surface area contributed by atoms with Gasteiger partial charge in [0, 0.05) is 31.3 Å². The van der Waals surface area contributed by atoms with Gasteiger partial charge in [-0.05, 0) is 36.4 Å². The van der Waals surface area contributed by atoms with Gasteiger partial charge in [-0.1, -0.05) is 18.2 Å². The second-order valence-electron chi connectivity index (χ2n) is 6.70. The van der Waals surface area contributed by atoms with Crippen LogP contribution in [0.25, 0.3) is 0 Å². The summed E-state index contributed by atoms with van der Waals surface area (Å²) in [5.74, 6) is -0.961. The van der Waals surface area contributed by atoms with Crippen LogP contribution in [0.3, 0.4) is 0 Å². The average Bonchev–Trinajstić information content (AvgIpc) is 3.10. The Kier molecular flexibility index (Phi) is 4.65. The molecule has 4 rings (SSSR count). The molecule has 3 aromatic rings. The lowest BCUT2D eigenvalue weighted by atomic mass is 10.00. The van der Waals surface area contributed by atoms with Crippen LogP contribution in [0, 0.1) is 5.82 Å². The molecule has 1 aliphatic heterocycles. The Morgan fingerprint density at radius 3 is 2.54 bits per heavy atom. The van der Waals surface area contributed by atoms with Crippen molar-refractivity contribution in [2.75, 3.05) is 11.9 Å². The summed E-state index contributed by atoms with van der Waals surface area (Å²) in [5, 5.41) is 2.79. The predicted octanol–water partition coefficient (Wildman–Crippen LogP) is 2.94. The van der Waals surface area contributed by atoms with Crippen LogP contribution < -0.4 is 5.32 Å². The molecule has 0 spiro atoms. The number of rotatable bonds is 3. The smallest absolute Gasteiger partial charge is 0.254 e. The lowest BCUT2D eigenvalue weighted by molar-refractivity contribution is -0.121. The van der Waals surface area contributed by atoms with Gasteiger partial charge in [0.25, 0.3) is 11.8 Å². The number of aryl methyl sites for hydroxylation is 1. The van der Waals surface area contributed by atoms with Gasteiger partial charge in [0.2, 0.25) is 0 Å². The number of nitrogens with one attached hydrogen (secondary N) is 1. The first-order chi connectivity index (χ1) is 13.5. The van der Waals surface area contributed by atoms with Gasteiger partial charge in [-0.2, -0.15) is 0 Å². The highest BCUT2D eigenvalue weighted by Gasteiger charge is 2.39. The van der Waals surface area contributed by atoms with Gasteiger partial charge in [-0.15, -0.1) is 0 Å². The van der Waals surface area contributed by atoms with Gasteiger partial charge < -0.3 is 14.8 Å². The Morgan fingerprint density at radius 1 is 1.11 bits per heavy atom. The van der Waals surface area contributed by atoms with Crippen molar-refractivity contribution in [1.82, 2.24) is 14.5 Å². The maximum Gasteiger partial charge on any atom is 0.254 e. The molecule has 1 aliphatic rings. The van der Waals surface area contributed by atoms with E-state index in [1.165, 1.54) is 24.3 Å². The van der Waals surface area contributed by atoms with E-state index in [9.17, 15) is 14.0 Å². The van der Waals surface area contributed by atoms with E-state index < -0.39 is 6.04 Å². The topological polar surface area (TPSA) is 67.2 Å². The summed E-state index contributed by atoms with van der Waals surface area (Å²) in [4.78, 5) is 32.2. The third-order valence-corrected chi connectivity index (χ3v) is 4.86. The monoisotopic (exact) mass is 378 g/mol. The second-order valence-corrected chi connectivity index (χ2v) is 6.70. The normalized spacial score (nSPS) is 15.8. The number of hydrogen-bond acceptors (Lipinski definition) is 3. The van der Waals surface area contributed by atoms with E-state index in [4.69, 9.17) is 0 Å². The number of aromatic nitrogens is 2. The maximum atomic E-state index is 13.2. The van der Waals surface area contributed by atoms with Crippen molar-refractivity contribution in [3.63, 3.8) is 0 Å². The van der Waals surface area contributed by atoms with Crippen molar-refractivity contribution in [2.24, 2.45) is 7.05 Å². The third-order valence-electron chi connectivity index (χ3n) is 4.86.